The molecule has 1 rings (SSSR count). The van der Waals surface area contributed by atoms with Crippen LogP contribution in [0.1, 0.15) is 51.8 Å². The fourth-order valence-corrected chi connectivity index (χ4v) is 2.23. The van der Waals surface area contributed by atoms with Crippen LogP contribution < -0.4 is 5.32 Å². The van der Waals surface area contributed by atoms with E-state index in [4.69, 9.17) is 16.3 Å². The van der Waals surface area contributed by atoms with Crippen LogP contribution in [0.2, 0.25) is 5.15 Å². The molecule has 5 heteroatoms. The first-order chi connectivity index (χ1) is 9.19. The highest BCUT2D eigenvalue weighted by Crippen LogP contribution is 2.17. The molecule has 19 heavy (non-hydrogen) atoms. The van der Waals surface area contributed by atoms with Crippen LogP contribution in [-0.2, 0) is 11.3 Å². The molecule has 0 bridgehead atoms. The van der Waals surface area contributed by atoms with Gasteiger partial charge in [-0.25, -0.2) is 9.97 Å². The van der Waals surface area contributed by atoms with Gasteiger partial charge < -0.3 is 10.1 Å². The van der Waals surface area contributed by atoms with Crippen molar-refractivity contribution in [3.05, 3.63) is 17.0 Å². The van der Waals surface area contributed by atoms with Crippen LogP contribution in [0.5, 0.6) is 0 Å². The molecular weight excluding hydrogens is 262 g/mol. The lowest BCUT2D eigenvalue weighted by atomic mass is 10.1. The number of rotatable bonds is 9. The van der Waals surface area contributed by atoms with E-state index < -0.39 is 0 Å². The number of methoxy groups -OCH3 is 1. The molecule has 1 N–H and O–H groups in total. The minimum absolute atomic E-state index is 0.378. The Kier molecular flexibility index (Phi) is 7.75. The molecule has 0 aromatic carbocycles. The van der Waals surface area contributed by atoms with Crippen LogP contribution in [-0.4, -0.2) is 23.1 Å². The summed E-state index contributed by atoms with van der Waals surface area (Å²) in [6.45, 7) is 4.79. The van der Waals surface area contributed by atoms with Crippen molar-refractivity contribution in [2.24, 2.45) is 0 Å². The topological polar surface area (TPSA) is 47.0 Å². The fraction of sp³-hybridized carbons (Fsp3) is 0.714. The van der Waals surface area contributed by atoms with Gasteiger partial charge in [0.05, 0.1) is 0 Å². The number of nitrogens with one attached hydrogen (secondary N) is 1. The van der Waals surface area contributed by atoms with E-state index in [1.165, 1.54) is 12.8 Å². The Balaban J connectivity index is 2.71. The minimum Gasteiger partial charge on any atom is -0.377 e. The number of nitrogens with zero attached hydrogens (tertiary/aromatic N) is 2. The lowest BCUT2D eigenvalue weighted by Gasteiger charge is -2.18. The van der Waals surface area contributed by atoms with E-state index in [1.807, 2.05) is 0 Å². The number of ether oxygens (including phenoxy) is 1. The number of unbranched alkanes of at least 4 members (excludes halogenated alkanes) is 1. The van der Waals surface area contributed by atoms with Gasteiger partial charge in [-0.3, -0.25) is 0 Å². The smallest absolute Gasteiger partial charge is 0.158 e. The molecule has 0 aliphatic heterocycles. The van der Waals surface area contributed by atoms with Crippen molar-refractivity contribution in [1.29, 1.82) is 0 Å². The Labute approximate surface area is 120 Å². The van der Waals surface area contributed by atoms with Gasteiger partial charge in [-0.1, -0.05) is 44.7 Å². The van der Waals surface area contributed by atoms with Crippen LogP contribution in [0.4, 0.5) is 5.82 Å². The normalized spacial score (nSPS) is 12.4. The van der Waals surface area contributed by atoms with Crippen LogP contribution in [0, 0.1) is 0 Å². The second kappa shape index (κ2) is 9.10. The molecule has 1 unspecified atom stereocenters. The van der Waals surface area contributed by atoms with Gasteiger partial charge in [0, 0.05) is 19.2 Å². The quantitative estimate of drug-likeness (QED) is 0.696. The zero-order valence-corrected chi connectivity index (χ0v) is 12.8. The average Bonchev–Trinajstić information content (AvgIpc) is 2.36. The predicted molar refractivity (Wildman–Crippen MR) is 79.6 cm³/mol. The van der Waals surface area contributed by atoms with Crippen LogP contribution in [0.25, 0.3) is 0 Å². The fourth-order valence-electron chi connectivity index (χ4n) is 2.03. The molecule has 0 saturated heterocycles. The van der Waals surface area contributed by atoms with Crippen molar-refractivity contribution in [2.75, 3.05) is 12.4 Å². The van der Waals surface area contributed by atoms with Crippen molar-refractivity contribution >= 4 is 17.4 Å². The number of halogens is 1. The molecule has 1 heterocycles. The number of hydrogen-bond donors (Lipinski definition) is 1. The lowest BCUT2D eigenvalue weighted by Crippen LogP contribution is -2.20. The third-order valence-corrected chi connectivity index (χ3v) is 3.10. The Morgan fingerprint density at radius 1 is 1.26 bits per heavy atom. The standard InChI is InChI=1S/C14H24ClN3O/c1-4-6-8-11(7-5-2)16-13-9-12(15)17-14(18-13)10-19-3/h9,11H,4-8,10H2,1-3H3,(H,16,17,18). The molecule has 1 aromatic heterocycles. The van der Waals surface area contributed by atoms with Gasteiger partial charge in [0.2, 0.25) is 0 Å². The Morgan fingerprint density at radius 3 is 2.68 bits per heavy atom. The summed E-state index contributed by atoms with van der Waals surface area (Å²) in [5, 5.41) is 3.92. The highest BCUT2D eigenvalue weighted by Gasteiger charge is 2.10. The Bertz CT molecular complexity index is 374. The van der Waals surface area contributed by atoms with Gasteiger partial charge in [-0.15, -0.1) is 0 Å². The van der Waals surface area contributed by atoms with Crippen molar-refractivity contribution in [1.82, 2.24) is 9.97 Å². The van der Waals surface area contributed by atoms with E-state index in [-0.39, 0.29) is 0 Å². The Hall–Kier alpha value is -0.870. The van der Waals surface area contributed by atoms with Crippen LogP contribution in [0.3, 0.4) is 0 Å². The van der Waals surface area contributed by atoms with E-state index >= 15 is 0 Å². The summed E-state index contributed by atoms with van der Waals surface area (Å²) in [5.41, 5.74) is 0. The summed E-state index contributed by atoms with van der Waals surface area (Å²) in [7, 11) is 1.62. The molecule has 1 atom stereocenters. The third-order valence-electron chi connectivity index (χ3n) is 2.91. The van der Waals surface area contributed by atoms with Gasteiger partial charge in [0.15, 0.2) is 5.82 Å². The maximum absolute atomic E-state index is 6.00. The maximum Gasteiger partial charge on any atom is 0.158 e. The van der Waals surface area contributed by atoms with Gasteiger partial charge >= 0.3 is 0 Å². The maximum atomic E-state index is 6.00. The monoisotopic (exact) mass is 285 g/mol. The summed E-state index contributed by atoms with van der Waals surface area (Å²) in [4.78, 5) is 8.55. The van der Waals surface area contributed by atoms with Gasteiger partial charge in [-0.05, 0) is 12.8 Å². The van der Waals surface area contributed by atoms with Gasteiger partial charge in [0.25, 0.3) is 0 Å². The third kappa shape index (κ3) is 6.21. The molecule has 0 spiro atoms. The van der Waals surface area contributed by atoms with Crippen molar-refractivity contribution in [3.8, 4) is 0 Å². The largest absolute Gasteiger partial charge is 0.377 e. The molecular formula is C14H24ClN3O. The molecule has 0 fully saturated rings. The summed E-state index contributed by atoms with van der Waals surface area (Å²) in [5.74, 6) is 1.41. The van der Waals surface area contributed by atoms with E-state index in [9.17, 15) is 0 Å². The van der Waals surface area contributed by atoms with E-state index in [1.54, 1.807) is 13.2 Å². The number of anilines is 1. The SMILES string of the molecule is CCCCC(CCC)Nc1cc(Cl)nc(COC)n1. The molecule has 0 saturated carbocycles. The minimum atomic E-state index is 0.378. The molecule has 0 amide bonds. The van der Waals surface area contributed by atoms with Gasteiger partial charge in [-0.2, -0.15) is 0 Å². The second-order valence-electron chi connectivity index (χ2n) is 4.70. The molecule has 108 valence electrons. The first-order valence-corrected chi connectivity index (χ1v) is 7.36. The summed E-state index contributed by atoms with van der Waals surface area (Å²) in [6.07, 6.45) is 5.89. The number of aromatic nitrogens is 2. The highest BCUT2D eigenvalue weighted by atomic mass is 35.5. The van der Waals surface area contributed by atoms with E-state index in [0.717, 1.165) is 25.1 Å². The Morgan fingerprint density at radius 2 is 2.05 bits per heavy atom. The first-order valence-electron chi connectivity index (χ1n) is 6.98. The van der Waals surface area contributed by atoms with Crippen LogP contribution >= 0.6 is 11.6 Å². The average molecular weight is 286 g/mol. The second-order valence-corrected chi connectivity index (χ2v) is 5.08. The molecule has 0 aliphatic rings. The van der Waals surface area contributed by atoms with Crippen molar-refractivity contribution in [3.63, 3.8) is 0 Å². The first kappa shape index (κ1) is 16.2. The molecule has 0 radical (unpaired) electrons. The zero-order chi connectivity index (χ0) is 14.1. The summed E-state index contributed by atoms with van der Waals surface area (Å²) in [6, 6.07) is 2.22. The van der Waals surface area contributed by atoms with E-state index in [2.05, 4.69) is 29.1 Å². The predicted octanol–water partition coefficient (Wildman–Crippen LogP) is 4.05. The van der Waals surface area contributed by atoms with E-state index in [0.29, 0.717) is 23.6 Å². The summed E-state index contributed by atoms with van der Waals surface area (Å²) < 4.78 is 5.04. The van der Waals surface area contributed by atoms with Crippen molar-refractivity contribution < 1.29 is 4.74 Å². The summed E-state index contributed by atoms with van der Waals surface area (Å²) >= 11 is 6.00. The lowest BCUT2D eigenvalue weighted by molar-refractivity contribution is 0.178. The molecule has 4 nitrogen and oxygen atoms in total. The molecule has 0 aliphatic carbocycles. The molecule has 1 aromatic rings. The zero-order valence-electron chi connectivity index (χ0n) is 12.1. The van der Waals surface area contributed by atoms with Crippen LogP contribution in [0.15, 0.2) is 6.07 Å². The van der Waals surface area contributed by atoms with Crippen molar-refractivity contribution in [2.45, 2.75) is 58.6 Å². The number of hydrogen-bond acceptors (Lipinski definition) is 4. The highest BCUT2D eigenvalue weighted by molar-refractivity contribution is 6.29. The van der Waals surface area contributed by atoms with Gasteiger partial charge in [0.1, 0.15) is 17.6 Å².